The van der Waals surface area contributed by atoms with E-state index in [0.29, 0.717) is 17.2 Å². The number of aryl methyl sites for hydroxylation is 1. The van der Waals surface area contributed by atoms with E-state index in [-0.39, 0.29) is 0 Å². The molecule has 0 aliphatic rings. The van der Waals surface area contributed by atoms with Gasteiger partial charge in [-0.15, -0.1) is 11.3 Å². The summed E-state index contributed by atoms with van der Waals surface area (Å²) in [6.07, 6.45) is 0.783. The van der Waals surface area contributed by atoms with Gasteiger partial charge in [-0.25, -0.2) is 9.50 Å². The van der Waals surface area contributed by atoms with Crippen LogP contribution in [0.4, 0.5) is 0 Å². The van der Waals surface area contributed by atoms with Gasteiger partial charge in [-0.3, -0.25) is 9.89 Å². The van der Waals surface area contributed by atoms with Crippen molar-refractivity contribution in [1.29, 1.82) is 0 Å². The van der Waals surface area contributed by atoms with Gasteiger partial charge in [0.15, 0.2) is 12.1 Å². The number of imidazole rings is 1. The normalized spacial score (nSPS) is 11.1. The van der Waals surface area contributed by atoms with Gasteiger partial charge in [-0.2, -0.15) is 4.98 Å². The Hall–Kier alpha value is -1.95. The van der Waals surface area contributed by atoms with Crippen LogP contribution in [-0.4, -0.2) is 25.9 Å². The molecule has 3 aromatic heterocycles. The van der Waals surface area contributed by atoms with Gasteiger partial charge in [0.2, 0.25) is 0 Å². The second kappa shape index (κ2) is 3.28. The largest absolute Gasteiger partial charge is 0.296 e. The molecule has 0 spiro atoms. The lowest BCUT2D eigenvalue weighted by Crippen LogP contribution is -1.92. The number of aldehydes is 1. The van der Waals surface area contributed by atoms with Crippen molar-refractivity contribution in [2.45, 2.75) is 6.92 Å². The standard InChI is InChI=1S/C10H8N4OS/c1-6-7(5-15)14-10(11-6)12-9(13-14)8-3-2-4-16-8/h2-5H,1H3,(H,11,12,13). The SMILES string of the molecule is Cc1nc2nc(-c3cccs3)[nH]n2c1C=O. The lowest BCUT2D eigenvalue weighted by molar-refractivity contribution is 0.111. The smallest absolute Gasteiger partial charge is 0.251 e. The molecular formula is C10H8N4OS. The molecule has 3 heterocycles. The van der Waals surface area contributed by atoms with Gasteiger partial charge in [0.05, 0.1) is 10.6 Å². The highest BCUT2D eigenvalue weighted by Gasteiger charge is 2.13. The minimum atomic E-state index is 0.519. The predicted octanol–water partition coefficient (Wildman–Crippen LogP) is 1.91. The number of carbonyl (C=O) groups excluding carboxylic acids is 1. The maximum Gasteiger partial charge on any atom is 0.251 e. The lowest BCUT2D eigenvalue weighted by Gasteiger charge is -1.90. The average Bonchev–Trinajstić information content (AvgIpc) is 2.90. The van der Waals surface area contributed by atoms with Crippen molar-refractivity contribution in [2.75, 3.05) is 0 Å². The van der Waals surface area contributed by atoms with Crippen LogP contribution in [0.3, 0.4) is 0 Å². The summed E-state index contributed by atoms with van der Waals surface area (Å²) in [7, 11) is 0. The van der Waals surface area contributed by atoms with Crippen molar-refractivity contribution in [3.8, 4) is 10.7 Å². The molecule has 3 aromatic rings. The second-order valence-electron chi connectivity index (χ2n) is 3.39. The molecule has 0 saturated carbocycles. The number of carbonyl (C=O) groups is 1. The van der Waals surface area contributed by atoms with E-state index in [1.165, 1.54) is 0 Å². The molecule has 0 amide bonds. The van der Waals surface area contributed by atoms with Crippen molar-refractivity contribution in [3.63, 3.8) is 0 Å². The average molecular weight is 232 g/mol. The molecule has 5 nitrogen and oxygen atoms in total. The molecule has 0 saturated heterocycles. The summed E-state index contributed by atoms with van der Waals surface area (Å²) in [4.78, 5) is 20.5. The molecule has 0 bridgehead atoms. The van der Waals surface area contributed by atoms with E-state index in [4.69, 9.17) is 0 Å². The topological polar surface area (TPSA) is 63.1 Å². The molecular weight excluding hydrogens is 224 g/mol. The minimum absolute atomic E-state index is 0.519. The fraction of sp³-hybridized carbons (Fsp3) is 0.100. The predicted molar refractivity (Wildman–Crippen MR) is 60.8 cm³/mol. The maximum absolute atomic E-state index is 10.9. The maximum atomic E-state index is 10.9. The Labute approximate surface area is 94.8 Å². The molecule has 1 N–H and O–H groups in total. The molecule has 0 fully saturated rings. The van der Waals surface area contributed by atoms with Gasteiger partial charge in [0, 0.05) is 0 Å². The van der Waals surface area contributed by atoms with Crippen molar-refractivity contribution in [3.05, 3.63) is 28.9 Å². The first-order valence-electron chi connectivity index (χ1n) is 4.73. The fourth-order valence-corrected chi connectivity index (χ4v) is 2.27. The summed E-state index contributed by atoms with van der Waals surface area (Å²) in [6, 6.07) is 3.92. The van der Waals surface area contributed by atoms with E-state index in [0.717, 1.165) is 17.0 Å². The number of rotatable bonds is 2. The monoisotopic (exact) mass is 232 g/mol. The third-order valence-electron chi connectivity index (χ3n) is 2.38. The number of hydrogen-bond acceptors (Lipinski definition) is 4. The number of aromatic nitrogens is 4. The molecule has 3 rings (SSSR count). The summed E-state index contributed by atoms with van der Waals surface area (Å²) < 4.78 is 1.61. The number of nitrogens with one attached hydrogen (secondary N) is 1. The number of fused-ring (bicyclic) bond motifs is 1. The highest BCUT2D eigenvalue weighted by Crippen LogP contribution is 2.22. The molecule has 0 unspecified atom stereocenters. The number of thiophene rings is 1. The Kier molecular flexibility index (Phi) is 1.90. The van der Waals surface area contributed by atoms with E-state index >= 15 is 0 Å². The van der Waals surface area contributed by atoms with Crippen molar-refractivity contribution in [2.24, 2.45) is 0 Å². The molecule has 0 aliphatic carbocycles. The van der Waals surface area contributed by atoms with Crippen LogP contribution in [0.5, 0.6) is 0 Å². The quantitative estimate of drug-likeness (QED) is 0.686. The molecule has 0 atom stereocenters. The van der Waals surface area contributed by atoms with Crippen molar-refractivity contribution in [1.82, 2.24) is 19.6 Å². The van der Waals surface area contributed by atoms with Crippen LogP contribution in [-0.2, 0) is 0 Å². The zero-order valence-electron chi connectivity index (χ0n) is 8.47. The molecule has 16 heavy (non-hydrogen) atoms. The van der Waals surface area contributed by atoms with E-state index in [1.807, 2.05) is 17.5 Å². The molecule has 6 heteroatoms. The van der Waals surface area contributed by atoms with Crippen LogP contribution in [0.15, 0.2) is 17.5 Å². The Morgan fingerprint density at radius 1 is 1.50 bits per heavy atom. The van der Waals surface area contributed by atoms with E-state index in [1.54, 1.807) is 22.8 Å². The van der Waals surface area contributed by atoms with Gasteiger partial charge < -0.3 is 0 Å². The number of aromatic amines is 1. The summed E-state index contributed by atoms with van der Waals surface area (Å²) in [5.74, 6) is 1.27. The molecule has 0 aromatic carbocycles. The number of hydrogen-bond donors (Lipinski definition) is 1. The summed E-state index contributed by atoms with van der Waals surface area (Å²) >= 11 is 1.59. The molecule has 0 aliphatic heterocycles. The summed E-state index contributed by atoms with van der Waals surface area (Å²) in [5.41, 5.74) is 1.21. The summed E-state index contributed by atoms with van der Waals surface area (Å²) in [6.45, 7) is 1.79. The Morgan fingerprint density at radius 2 is 2.38 bits per heavy atom. The highest BCUT2D eigenvalue weighted by atomic mass is 32.1. The minimum Gasteiger partial charge on any atom is -0.296 e. The van der Waals surface area contributed by atoms with Gasteiger partial charge in [0.1, 0.15) is 5.69 Å². The van der Waals surface area contributed by atoms with Crippen LogP contribution >= 0.6 is 11.3 Å². The van der Waals surface area contributed by atoms with Gasteiger partial charge >= 0.3 is 0 Å². The van der Waals surface area contributed by atoms with Crippen LogP contribution in [0.1, 0.15) is 16.2 Å². The zero-order valence-corrected chi connectivity index (χ0v) is 9.28. The van der Waals surface area contributed by atoms with E-state index in [2.05, 4.69) is 15.1 Å². The first-order valence-corrected chi connectivity index (χ1v) is 5.61. The van der Waals surface area contributed by atoms with Crippen LogP contribution < -0.4 is 0 Å². The molecule has 80 valence electrons. The van der Waals surface area contributed by atoms with Gasteiger partial charge in [0.25, 0.3) is 5.78 Å². The van der Waals surface area contributed by atoms with Crippen LogP contribution in [0.25, 0.3) is 16.5 Å². The zero-order chi connectivity index (χ0) is 11.1. The fourth-order valence-electron chi connectivity index (χ4n) is 1.60. The number of nitrogens with zero attached hydrogens (tertiary/aromatic N) is 3. The number of H-pyrrole nitrogens is 1. The second-order valence-corrected chi connectivity index (χ2v) is 4.33. The van der Waals surface area contributed by atoms with Crippen LogP contribution in [0, 0.1) is 6.92 Å². The first kappa shape index (κ1) is 9.29. The molecule has 0 radical (unpaired) electrons. The van der Waals surface area contributed by atoms with E-state index < -0.39 is 0 Å². The van der Waals surface area contributed by atoms with Crippen molar-refractivity contribution < 1.29 is 4.79 Å². The highest BCUT2D eigenvalue weighted by molar-refractivity contribution is 7.13. The lowest BCUT2D eigenvalue weighted by atomic mass is 10.4. The first-order chi connectivity index (χ1) is 7.79. The Bertz CT molecular complexity index is 650. The third-order valence-corrected chi connectivity index (χ3v) is 3.25. The Balaban J connectivity index is 2.25. The van der Waals surface area contributed by atoms with Crippen LogP contribution in [0.2, 0.25) is 0 Å². The third kappa shape index (κ3) is 1.20. The Morgan fingerprint density at radius 3 is 3.06 bits per heavy atom. The van der Waals surface area contributed by atoms with Crippen molar-refractivity contribution >= 4 is 23.4 Å². The summed E-state index contributed by atoms with van der Waals surface area (Å²) in [5, 5.41) is 5.04. The van der Waals surface area contributed by atoms with Gasteiger partial charge in [-0.05, 0) is 18.4 Å². The van der Waals surface area contributed by atoms with Gasteiger partial charge in [-0.1, -0.05) is 6.07 Å². The van der Waals surface area contributed by atoms with E-state index in [9.17, 15) is 4.79 Å².